The Balaban J connectivity index is 1.62. The van der Waals surface area contributed by atoms with E-state index in [9.17, 15) is 0 Å². The van der Waals surface area contributed by atoms with Crippen molar-refractivity contribution in [3.05, 3.63) is 162 Å². The summed E-state index contributed by atoms with van der Waals surface area (Å²) >= 11 is 0. The Labute approximate surface area is 238 Å². The SMILES string of the molecule is Cc1cc(C)c(C2=C3C=CC=CC3C=Cc3cc4c(cc32)=C2CC=CC=C2C=4c2c(C)cc(C)cc2C)c(C)c1. The van der Waals surface area contributed by atoms with Crippen LogP contribution in [0.2, 0.25) is 0 Å². The van der Waals surface area contributed by atoms with Gasteiger partial charge >= 0.3 is 0 Å². The van der Waals surface area contributed by atoms with Gasteiger partial charge in [0.05, 0.1) is 0 Å². The molecule has 0 nitrogen and oxygen atoms in total. The summed E-state index contributed by atoms with van der Waals surface area (Å²) in [5.74, 6) is 0.271. The largest absolute Gasteiger partial charge is 0.0801 e. The van der Waals surface area contributed by atoms with Crippen LogP contribution in [-0.2, 0) is 0 Å². The fraction of sp³-hybridized carbons (Fsp3) is 0.200. The maximum atomic E-state index is 2.53. The van der Waals surface area contributed by atoms with Gasteiger partial charge in [-0.1, -0.05) is 90.1 Å². The summed E-state index contributed by atoms with van der Waals surface area (Å²) in [5.41, 5.74) is 20.5. The van der Waals surface area contributed by atoms with Crippen LogP contribution in [-0.4, -0.2) is 0 Å². The second-order valence-electron chi connectivity index (χ2n) is 12.1. The first-order valence-electron chi connectivity index (χ1n) is 14.5. The van der Waals surface area contributed by atoms with E-state index in [-0.39, 0.29) is 5.92 Å². The minimum atomic E-state index is 0.271. The maximum absolute atomic E-state index is 2.53. The van der Waals surface area contributed by atoms with E-state index in [1.54, 1.807) is 0 Å². The van der Waals surface area contributed by atoms with E-state index in [2.05, 4.69) is 133 Å². The minimum absolute atomic E-state index is 0.271. The molecule has 0 amide bonds. The van der Waals surface area contributed by atoms with Gasteiger partial charge in [0.25, 0.3) is 0 Å². The fourth-order valence-electron chi connectivity index (χ4n) is 7.66. The Bertz CT molecular complexity index is 1910. The number of fused-ring (bicyclic) bond motifs is 4. The van der Waals surface area contributed by atoms with Crippen molar-refractivity contribution in [2.75, 3.05) is 0 Å². The van der Waals surface area contributed by atoms with Crippen molar-refractivity contribution in [2.45, 2.75) is 48.0 Å². The molecular weight excluding hydrogens is 480 g/mol. The molecule has 1 unspecified atom stereocenters. The van der Waals surface area contributed by atoms with Crippen LogP contribution in [0.15, 0.2) is 96.2 Å². The monoisotopic (exact) mass is 516 g/mol. The molecule has 1 atom stereocenters. The molecule has 196 valence electrons. The van der Waals surface area contributed by atoms with Crippen LogP contribution in [0, 0.1) is 47.5 Å². The van der Waals surface area contributed by atoms with E-state index >= 15 is 0 Å². The average Bonchev–Trinajstić information content (AvgIpc) is 3.12. The normalized spacial score (nSPS) is 18.4. The van der Waals surface area contributed by atoms with Gasteiger partial charge < -0.3 is 0 Å². The molecule has 0 saturated carbocycles. The Kier molecular flexibility index (Phi) is 5.72. The first-order chi connectivity index (χ1) is 19.3. The molecule has 3 aromatic rings. The average molecular weight is 517 g/mol. The highest BCUT2D eigenvalue weighted by Gasteiger charge is 2.28. The second kappa shape index (κ2) is 9.20. The van der Waals surface area contributed by atoms with Crippen molar-refractivity contribution < 1.29 is 0 Å². The molecule has 4 aliphatic carbocycles. The Morgan fingerprint density at radius 1 is 0.600 bits per heavy atom. The Hall–Kier alpha value is -4.16. The molecule has 40 heavy (non-hydrogen) atoms. The molecule has 3 aromatic carbocycles. The molecule has 0 spiro atoms. The summed E-state index contributed by atoms with van der Waals surface area (Å²) in [7, 11) is 0. The molecular formula is C40H36. The zero-order valence-electron chi connectivity index (χ0n) is 24.4. The van der Waals surface area contributed by atoms with Gasteiger partial charge in [-0.15, -0.1) is 0 Å². The van der Waals surface area contributed by atoms with Gasteiger partial charge in [0.2, 0.25) is 0 Å². The molecule has 0 N–H and O–H groups in total. The highest BCUT2D eigenvalue weighted by molar-refractivity contribution is 6.00. The Morgan fingerprint density at radius 3 is 1.93 bits per heavy atom. The number of aryl methyl sites for hydroxylation is 6. The second-order valence-corrected chi connectivity index (χ2v) is 12.1. The quantitative estimate of drug-likeness (QED) is 0.321. The van der Waals surface area contributed by atoms with Gasteiger partial charge in [0.15, 0.2) is 0 Å². The van der Waals surface area contributed by atoms with Crippen molar-refractivity contribution in [3.63, 3.8) is 0 Å². The van der Waals surface area contributed by atoms with Crippen molar-refractivity contribution in [1.29, 1.82) is 0 Å². The van der Waals surface area contributed by atoms with Gasteiger partial charge in [0, 0.05) is 5.92 Å². The predicted molar refractivity (Wildman–Crippen MR) is 172 cm³/mol. The Morgan fingerprint density at radius 2 is 1.25 bits per heavy atom. The number of hydrogen-bond donors (Lipinski definition) is 0. The smallest absolute Gasteiger partial charge is 0.0211 e. The first kappa shape index (κ1) is 24.9. The zero-order chi connectivity index (χ0) is 27.7. The van der Waals surface area contributed by atoms with Gasteiger partial charge in [-0.3, -0.25) is 0 Å². The van der Waals surface area contributed by atoms with Crippen molar-refractivity contribution in [1.82, 2.24) is 0 Å². The maximum Gasteiger partial charge on any atom is 0.0211 e. The molecule has 7 rings (SSSR count). The third-order valence-electron chi connectivity index (χ3n) is 9.06. The lowest BCUT2D eigenvalue weighted by molar-refractivity contribution is 1.01. The minimum Gasteiger partial charge on any atom is -0.0801 e. The fourth-order valence-corrected chi connectivity index (χ4v) is 7.66. The third kappa shape index (κ3) is 3.74. The molecule has 0 aromatic heterocycles. The van der Waals surface area contributed by atoms with Crippen LogP contribution in [0.3, 0.4) is 0 Å². The molecule has 4 aliphatic rings. The van der Waals surface area contributed by atoms with E-state index in [4.69, 9.17) is 0 Å². The topological polar surface area (TPSA) is 0 Å². The van der Waals surface area contributed by atoms with Crippen LogP contribution in [0.5, 0.6) is 0 Å². The molecule has 0 bridgehead atoms. The first-order valence-corrected chi connectivity index (χ1v) is 14.5. The third-order valence-corrected chi connectivity index (χ3v) is 9.06. The molecule has 0 heteroatoms. The summed E-state index contributed by atoms with van der Waals surface area (Å²) in [6.07, 6.45) is 21.7. The number of rotatable bonds is 2. The van der Waals surface area contributed by atoms with E-state index < -0.39 is 0 Å². The van der Waals surface area contributed by atoms with E-state index in [0.717, 1.165) is 6.42 Å². The number of benzene rings is 3. The van der Waals surface area contributed by atoms with Gasteiger partial charge in [-0.2, -0.15) is 0 Å². The predicted octanol–water partition coefficient (Wildman–Crippen LogP) is 8.36. The van der Waals surface area contributed by atoms with Crippen LogP contribution in [0.25, 0.3) is 22.8 Å². The summed E-state index contributed by atoms with van der Waals surface area (Å²) in [4.78, 5) is 0. The zero-order valence-corrected chi connectivity index (χ0v) is 24.4. The summed E-state index contributed by atoms with van der Waals surface area (Å²) in [6, 6.07) is 14.4. The van der Waals surface area contributed by atoms with Crippen molar-refractivity contribution in [3.8, 4) is 0 Å². The van der Waals surface area contributed by atoms with Crippen LogP contribution < -0.4 is 10.4 Å². The molecule has 0 heterocycles. The summed E-state index contributed by atoms with van der Waals surface area (Å²) < 4.78 is 0. The van der Waals surface area contributed by atoms with Crippen LogP contribution in [0.4, 0.5) is 0 Å². The van der Waals surface area contributed by atoms with E-state index in [1.807, 2.05) is 0 Å². The molecule has 0 saturated heterocycles. The molecule has 0 fully saturated rings. The molecule has 0 aliphatic heterocycles. The van der Waals surface area contributed by atoms with Crippen LogP contribution >= 0.6 is 0 Å². The van der Waals surface area contributed by atoms with Crippen molar-refractivity contribution >= 4 is 22.8 Å². The summed E-state index contributed by atoms with van der Waals surface area (Å²) in [6.45, 7) is 13.5. The lowest BCUT2D eigenvalue weighted by Crippen LogP contribution is -2.26. The highest BCUT2D eigenvalue weighted by Crippen LogP contribution is 2.42. The highest BCUT2D eigenvalue weighted by atomic mass is 14.3. The van der Waals surface area contributed by atoms with Gasteiger partial charge in [0.1, 0.15) is 0 Å². The van der Waals surface area contributed by atoms with Crippen molar-refractivity contribution in [2.24, 2.45) is 5.92 Å². The van der Waals surface area contributed by atoms with Crippen LogP contribution in [0.1, 0.15) is 62.1 Å². The number of hydrogen-bond acceptors (Lipinski definition) is 0. The van der Waals surface area contributed by atoms with E-state index in [0.29, 0.717) is 0 Å². The van der Waals surface area contributed by atoms with Gasteiger partial charge in [-0.25, -0.2) is 0 Å². The lowest BCUT2D eigenvalue weighted by atomic mass is 9.81. The molecule has 0 radical (unpaired) electrons. The number of allylic oxidation sites excluding steroid dienone is 10. The standard InChI is InChI=1S/C40H36/c1-23-17-25(3)37(26(4)18-23)39-31-12-8-7-11-29(31)15-16-30-21-36-35(22-34(30)39)32-13-9-10-14-33(32)40(36)38-27(5)19-24(2)20-28(38)6/h7-12,14-22,29H,13H2,1-6H3. The van der Waals surface area contributed by atoms with Gasteiger partial charge in [-0.05, 0) is 143 Å². The lowest BCUT2D eigenvalue weighted by Gasteiger charge is -2.22. The summed E-state index contributed by atoms with van der Waals surface area (Å²) in [5, 5.41) is 2.77. The van der Waals surface area contributed by atoms with E-state index in [1.165, 1.54) is 93.9 Å².